The van der Waals surface area contributed by atoms with Crippen LogP contribution in [0.1, 0.15) is 51.5 Å². The smallest absolute Gasteiger partial charge is 0.256 e. The van der Waals surface area contributed by atoms with Crippen molar-refractivity contribution in [2.75, 3.05) is 17.8 Å². The predicted molar refractivity (Wildman–Crippen MR) is 123 cm³/mol. The van der Waals surface area contributed by atoms with Crippen molar-refractivity contribution < 1.29 is 23.6 Å². The second-order valence-corrected chi connectivity index (χ2v) is 8.58. The number of anilines is 2. The Bertz CT molecular complexity index is 1080. The summed E-state index contributed by atoms with van der Waals surface area (Å²) in [4.78, 5) is 25.1. The van der Waals surface area contributed by atoms with Crippen molar-refractivity contribution >= 4 is 40.5 Å². The zero-order valence-electron chi connectivity index (χ0n) is 17.7. The monoisotopic (exact) mass is 478 g/mol. The summed E-state index contributed by atoms with van der Waals surface area (Å²) in [7, 11) is 1.53. The molecule has 1 fully saturated rings. The first-order valence-electron chi connectivity index (χ1n) is 9.96. The lowest BCUT2D eigenvalue weighted by Gasteiger charge is -2.21. The third-order valence-electron chi connectivity index (χ3n) is 5.33. The highest BCUT2D eigenvalue weighted by Gasteiger charge is 2.45. The molecule has 2 aromatic rings. The van der Waals surface area contributed by atoms with Crippen LogP contribution >= 0.6 is 11.8 Å². The molecule has 0 spiro atoms. The van der Waals surface area contributed by atoms with E-state index in [0.29, 0.717) is 24.0 Å². The van der Waals surface area contributed by atoms with E-state index in [4.69, 9.17) is 11.7 Å². The Kier molecular flexibility index (Phi) is 7.51. The second-order valence-electron chi connectivity index (χ2n) is 7.57. The number of amidine groups is 1. The van der Waals surface area contributed by atoms with Gasteiger partial charge in [0, 0.05) is 35.5 Å². The maximum absolute atomic E-state index is 14.2. The van der Waals surface area contributed by atoms with Crippen LogP contribution in [-0.2, 0) is 0 Å². The summed E-state index contributed by atoms with van der Waals surface area (Å²) in [5.41, 5.74) is 3.00. The first-order valence-corrected chi connectivity index (χ1v) is 10.8. The lowest BCUT2D eigenvalue weighted by Crippen LogP contribution is -2.32. The fourth-order valence-corrected chi connectivity index (χ4v) is 4.53. The summed E-state index contributed by atoms with van der Waals surface area (Å²) < 4.78 is 28.4. The van der Waals surface area contributed by atoms with Crippen LogP contribution in [0.2, 0.25) is 0 Å². The van der Waals surface area contributed by atoms with E-state index >= 15 is 0 Å². The standard InChI is InChI=1S/C21H24F2N6O3S/c1-29(25)20(27-24)33-18-7-5-14(28-32)10-16(18)19(31)26-13-4-6-15(12(9-13)11-30)17-3-2-8-21(17,22)23/h4-7,9-11,17,28,32H,2-3,8,24-25H2,1H3,(H,26,31)/b27-20+. The van der Waals surface area contributed by atoms with Gasteiger partial charge in [0.05, 0.1) is 11.3 Å². The summed E-state index contributed by atoms with van der Waals surface area (Å²) in [6, 6.07) is 8.80. The Morgan fingerprint density at radius 2 is 2.03 bits per heavy atom. The Morgan fingerprint density at radius 3 is 2.61 bits per heavy atom. The third-order valence-corrected chi connectivity index (χ3v) is 6.48. The highest BCUT2D eigenvalue weighted by atomic mass is 32.2. The molecule has 0 radical (unpaired) electrons. The molecule has 176 valence electrons. The van der Waals surface area contributed by atoms with Gasteiger partial charge < -0.3 is 11.2 Å². The number of hydrogen-bond donors (Lipinski definition) is 5. The number of nitrogens with two attached hydrogens (primary N) is 2. The molecule has 1 aliphatic carbocycles. The van der Waals surface area contributed by atoms with E-state index < -0.39 is 17.7 Å². The maximum Gasteiger partial charge on any atom is 0.256 e. The highest BCUT2D eigenvalue weighted by Crippen LogP contribution is 2.47. The van der Waals surface area contributed by atoms with Gasteiger partial charge in [0.25, 0.3) is 11.8 Å². The Hall–Kier alpha value is -3.22. The molecule has 1 atom stereocenters. The van der Waals surface area contributed by atoms with Crippen molar-refractivity contribution in [3.8, 4) is 0 Å². The van der Waals surface area contributed by atoms with Crippen molar-refractivity contribution in [2.45, 2.75) is 36.0 Å². The molecule has 1 amide bonds. The number of benzene rings is 2. The summed E-state index contributed by atoms with van der Waals surface area (Å²) in [5.74, 6) is 6.56. The molecule has 0 saturated heterocycles. The van der Waals surface area contributed by atoms with Gasteiger partial charge in [-0.1, -0.05) is 6.07 Å². The van der Waals surface area contributed by atoms with E-state index in [1.54, 1.807) is 6.07 Å². The number of carbonyl (C=O) groups is 2. The SMILES string of the molecule is CN(N)/C(=N\N)Sc1ccc(NO)cc1C(=O)Nc1ccc(C2CCCC2(F)F)c(C=O)c1. The maximum atomic E-state index is 14.2. The van der Waals surface area contributed by atoms with Crippen LogP contribution in [0.25, 0.3) is 0 Å². The second kappa shape index (κ2) is 10.1. The minimum atomic E-state index is -2.87. The molecule has 12 heteroatoms. The van der Waals surface area contributed by atoms with Crippen molar-refractivity contribution in [3.63, 3.8) is 0 Å². The van der Waals surface area contributed by atoms with Crippen molar-refractivity contribution in [1.29, 1.82) is 0 Å². The number of nitrogens with one attached hydrogen (secondary N) is 2. The van der Waals surface area contributed by atoms with E-state index in [2.05, 4.69) is 10.4 Å². The van der Waals surface area contributed by atoms with Crippen molar-refractivity contribution in [2.24, 2.45) is 16.8 Å². The minimum absolute atomic E-state index is 0.0991. The van der Waals surface area contributed by atoms with Crippen molar-refractivity contribution in [3.05, 3.63) is 53.1 Å². The molecule has 9 nitrogen and oxygen atoms in total. The van der Waals surface area contributed by atoms with E-state index in [-0.39, 0.29) is 39.7 Å². The lowest BCUT2D eigenvalue weighted by atomic mass is 9.91. The molecule has 2 aromatic carbocycles. The molecule has 0 aliphatic heterocycles. The molecule has 1 saturated carbocycles. The number of hydrazone groups is 1. The summed E-state index contributed by atoms with van der Waals surface area (Å²) >= 11 is 1.02. The number of thioether (sulfide) groups is 1. The van der Waals surface area contributed by atoms with Gasteiger partial charge in [-0.3, -0.25) is 25.3 Å². The van der Waals surface area contributed by atoms with E-state index in [1.807, 2.05) is 5.48 Å². The summed E-state index contributed by atoms with van der Waals surface area (Å²) in [5, 5.41) is 16.9. The molecule has 0 bridgehead atoms. The van der Waals surface area contributed by atoms with Crippen LogP contribution in [0.5, 0.6) is 0 Å². The fraction of sp³-hybridized carbons (Fsp3) is 0.286. The number of nitrogens with zero attached hydrogens (tertiary/aromatic N) is 2. The predicted octanol–water partition coefficient (Wildman–Crippen LogP) is 3.58. The minimum Gasteiger partial charge on any atom is -0.322 e. The molecule has 3 rings (SSSR count). The zero-order valence-corrected chi connectivity index (χ0v) is 18.5. The number of rotatable bonds is 6. The first-order chi connectivity index (χ1) is 15.7. The molecule has 0 heterocycles. The van der Waals surface area contributed by atoms with Gasteiger partial charge in [-0.25, -0.2) is 14.6 Å². The zero-order chi connectivity index (χ0) is 24.2. The van der Waals surface area contributed by atoms with Gasteiger partial charge in [-0.05, 0) is 60.5 Å². The average Bonchev–Trinajstić information content (AvgIpc) is 3.15. The normalized spacial score (nSPS) is 17.5. The third kappa shape index (κ3) is 5.41. The Morgan fingerprint density at radius 1 is 1.30 bits per heavy atom. The number of hydrazine groups is 1. The van der Waals surface area contributed by atoms with Gasteiger partial charge in [0.1, 0.15) is 6.29 Å². The van der Waals surface area contributed by atoms with E-state index in [1.165, 1.54) is 42.4 Å². The van der Waals surface area contributed by atoms with Gasteiger partial charge >= 0.3 is 0 Å². The quantitative estimate of drug-likeness (QED) is 0.106. The van der Waals surface area contributed by atoms with Gasteiger partial charge in [-0.2, -0.15) is 5.10 Å². The first kappa shape index (κ1) is 24.4. The number of aldehydes is 1. The van der Waals surface area contributed by atoms with Crippen molar-refractivity contribution in [1.82, 2.24) is 5.01 Å². The van der Waals surface area contributed by atoms with E-state index in [9.17, 15) is 23.6 Å². The van der Waals surface area contributed by atoms with Gasteiger partial charge in [0.15, 0.2) is 0 Å². The van der Waals surface area contributed by atoms with Crippen LogP contribution in [0, 0.1) is 0 Å². The topological polar surface area (TPSA) is 146 Å². The average molecular weight is 479 g/mol. The van der Waals surface area contributed by atoms with Gasteiger partial charge in [0.2, 0.25) is 5.17 Å². The highest BCUT2D eigenvalue weighted by molar-refractivity contribution is 8.13. The lowest BCUT2D eigenvalue weighted by molar-refractivity contribution is -0.00905. The van der Waals surface area contributed by atoms with Crippen LogP contribution < -0.4 is 22.5 Å². The molecule has 0 aromatic heterocycles. The molecule has 7 N–H and O–H groups in total. The number of hydrogen-bond acceptors (Lipinski definition) is 8. The molecule has 1 aliphatic rings. The molecule has 33 heavy (non-hydrogen) atoms. The molecule has 1 unspecified atom stereocenters. The van der Waals surface area contributed by atoms with Crippen LogP contribution in [0.3, 0.4) is 0 Å². The fourth-order valence-electron chi connectivity index (χ4n) is 3.73. The largest absolute Gasteiger partial charge is 0.322 e. The summed E-state index contributed by atoms with van der Waals surface area (Å²) in [6.45, 7) is 0. The number of carbonyl (C=O) groups excluding carboxylic acids is 2. The number of halogens is 2. The number of alkyl halides is 2. The van der Waals surface area contributed by atoms with E-state index in [0.717, 1.165) is 11.8 Å². The molecular weight excluding hydrogens is 454 g/mol. The molecular formula is C21H24F2N6O3S. The van der Waals surface area contributed by atoms with Crippen LogP contribution in [-0.4, -0.2) is 40.5 Å². The van der Waals surface area contributed by atoms with Crippen LogP contribution in [0.15, 0.2) is 46.4 Å². The van der Waals surface area contributed by atoms with Gasteiger partial charge in [-0.15, -0.1) is 0 Å². The number of amides is 1. The Balaban J connectivity index is 1.90. The summed E-state index contributed by atoms with van der Waals surface area (Å²) in [6.07, 6.45) is 0.978. The van der Waals surface area contributed by atoms with Crippen LogP contribution in [0.4, 0.5) is 20.2 Å². The Labute approximate surface area is 193 Å².